The van der Waals surface area contributed by atoms with E-state index in [1.165, 1.54) is 146 Å². The van der Waals surface area contributed by atoms with E-state index in [1.807, 2.05) is 23.1 Å². The molecule has 1 aliphatic carbocycles. The molecule has 5 heterocycles. The van der Waals surface area contributed by atoms with Crippen LogP contribution in [0.15, 0.2) is 260 Å². The number of benzene rings is 11. The van der Waals surface area contributed by atoms with Crippen LogP contribution in [0.2, 0.25) is 0 Å². The number of nitrogens with zero attached hydrogens (tertiary/aromatic N) is 3. The van der Waals surface area contributed by atoms with Crippen LogP contribution in [0, 0.1) is 0 Å². The number of aromatic nitrogens is 3. The van der Waals surface area contributed by atoms with Crippen molar-refractivity contribution in [3.05, 3.63) is 260 Å². The van der Waals surface area contributed by atoms with Crippen molar-refractivity contribution in [2.24, 2.45) is 0 Å². The molecular formula is C72H45N3S2. The van der Waals surface area contributed by atoms with Crippen LogP contribution in [0.25, 0.3) is 142 Å². The topological polar surface area (TPSA) is 14.8 Å². The highest BCUT2D eigenvalue weighted by Gasteiger charge is 2.31. The van der Waals surface area contributed by atoms with Crippen LogP contribution in [0.5, 0.6) is 0 Å². The van der Waals surface area contributed by atoms with Crippen molar-refractivity contribution < 1.29 is 0 Å². The molecule has 1 atom stereocenters. The quantitative estimate of drug-likeness (QED) is 0.162. The second-order valence-electron chi connectivity index (χ2n) is 20.7. The molecule has 0 saturated carbocycles. The fourth-order valence-electron chi connectivity index (χ4n) is 13.0. The van der Waals surface area contributed by atoms with Gasteiger partial charge in [-0.05, 0) is 160 Å². The van der Waals surface area contributed by atoms with Crippen molar-refractivity contribution in [3.8, 4) is 44.8 Å². The van der Waals surface area contributed by atoms with Crippen molar-refractivity contribution in [1.29, 1.82) is 0 Å². The first-order valence-electron chi connectivity index (χ1n) is 26.6. The van der Waals surface area contributed by atoms with E-state index in [4.69, 9.17) is 0 Å². The van der Waals surface area contributed by atoms with Gasteiger partial charge in [-0.15, -0.1) is 23.1 Å². The summed E-state index contributed by atoms with van der Waals surface area (Å²) in [7, 11) is 0. The van der Waals surface area contributed by atoms with Gasteiger partial charge in [0.2, 0.25) is 0 Å². The highest BCUT2D eigenvalue weighted by atomic mass is 32.2. The normalized spacial score (nSPS) is 14.4. The van der Waals surface area contributed by atoms with Crippen LogP contribution >= 0.6 is 23.1 Å². The van der Waals surface area contributed by atoms with E-state index in [2.05, 4.69) is 269 Å². The number of hydrogen-bond donors (Lipinski definition) is 0. The molecule has 0 fully saturated rings. The van der Waals surface area contributed by atoms with Gasteiger partial charge in [0, 0.05) is 79.7 Å². The summed E-state index contributed by atoms with van der Waals surface area (Å²) in [6, 6.07) is 90.4. The summed E-state index contributed by atoms with van der Waals surface area (Å²) in [6.45, 7) is 0. The molecular weight excluding hydrogens is 971 g/mol. The lowest BCUT2D eigenvalue weighted by atomic mass is 9.95. The van der Waals surface area contributed by atoms with Crippen LogP contribution in [-0.4, -0.2) is 19.0 Å². The lowest BCUT2D eigenvalue weighted by Crippen LogP contribution is -2.07. The molecule has 0 N–H and O–H groups in total. The fourth-order valence-corrected chi connectivity index (χ4v) is 15.4. The van der Waals surface area contributed by atoms with E-state index < -0.39 is 0 Å². The molecule has 360 valence electrons. The largest absolute Gasteiger partial charge is 0.310 e. The van der Waals surface area contributed by atoms with Gasteiger partial charge in [0.05, 0.1) is 33.1 Å². The van der Waals surface area contributed by atoms with Gasteiger partial charge in [-0.3, -0.25) is 0 Å². The average Bonchev–Trinajstić information content (AvgIpc) is 4.47. The zero-order valence-electron chi connectivity index (χ0n) is 41.7. The van der Waals surface area contributed by atoms with E-state index in [-0.39, 0.29) is 0 Å². The summed E-state index contributed by atoms with van der Waals surface area (Å²) in [5.41, 5.74) is 20.9. The third kappa shape index (κ3) is 6.58. The lowest BCUT2D eigenvalue weighted by Gasteiger charge is -2.19. The Morgan fingerprint density at radius 1 is 0.325 bits per heavy atom. The SMILES string of the molecule is C1=C2c3cc(-n4c5ccccc5c5ccccc54)ccc3SC2CC=C1n1c2ccccc2c2cc(-c3ccc4c(c3)c3ccccc3n4-c3cccc(-c4cccc(-c5ccc6sc7ccccc7c6c5)c4)c3)ccc21. The molecule has 0 bridgehead atoms. The van der Waals surface area contributed by atoms with Gasteiger partial charge in [-0.2, -0.15) is 0 Å². The molecule has 0 saturated heterocycles. The predicted molar refractivity (Wildman–Crippen MR) is 330 cm³/mol. The van der Waals surface area contributed by atoms with E-state index in [1.54, 1.807) is 0 Å². The summed E-state index contributed by atoms with van der Waals surface area (Å²) < 4.78 is 10.0. The van der Waals surface area contributed by atoms with Crippen LogP contribution in [0.4, 0.5) is 0 Å². The summed E-state index contributed by atoms with van der Waals surface area (Å²) in [6.07, 6.45) is 5.92. The minimum atomic E-state index is 0.392. The molecule has 0 spiro atoms. The van der Waals surface area contributed by atoms with E-state index in [0.29, 0.717) is 5.25 Å². The summed E-state index contributed by atoms with van der Waals surface area (Å²) in [4.78, 5) is 1.36. The number of hydrogen-bond acceptors (Lipinski definition) is 2. The Labute approximate surface area is 452 Å². The zero-order chi connectivity index (χ0) is 50.3. The Bertz CT molecular complexity index is 5020. The highest BCUT2D eigenvalue weighted by Crippen LogP contribution is 2.51. The van der Waals surface area contributed by atoms with Crippen molar-refractivity contribution in [3.63, 3.8) is 0 Å². The summed E-state index contributed by atoms with van der Waals surface area (Å²) in [5, 5.41) is 10.6. The Morgan fingerprint density at radius 2 is 0.792 bits per heavy atom. The fraction of sp³-hybridized carbons (Fsp3) is 0.0278. The third-order valence-corrected chi connectivity index (χ3v) is 19.0. The van der Waals surface area contributed by atoms with Crippen molar-refractivity contribution in [2.75, 3.05) is 0 Å². The molecule has 1 unspecified atom stereocenters. The molecule has 4 aromatic heterocycles. The summed E-state index contributed by atoms with van der Waals surface area (Å²) >= 11 is 3.87. The molecule has 1 aliphatic heterocycles. The molecule has 15 aromatic rings. The standard InChI is InChI=1S/C72H45N3S2/c1-6-22-63-53(17-1)54-18-2-7-23-64(54)74(63)51-30-35-71-61(42-51)62-43-52(31-36-72(62)77-71)75-66-25-9-4-20-56(66)59-40-48(28-33-68(59)75)47-27-32-67-58(39-47)55-19-3-8-24-65(55)73(67)50-16-12-15-46(38-50)44-13-11-14-45(37-44)49-29-34-70-60(41-49)57-21-5-10-26-69(57)76-70/h1-35,37-43,72H,36H2. The molecule has 17 rings (SSSR count). The molecule has 3 nitrogen and oxygen atoms in total. The number of para-hydroxylation sites is 4. The van der Waals surface area contributed by atoms with Crippen molar-refractivity contribution in [1.82, 2.24) is 13.7 Å². The number of rotatable bonds is 6. The third-order valence-electron chi connectivity index (χ3n) is 16.5. The Hall–Kier alpha value is -9.13. The molecule has 11 aromatic carbocycles. The highest BCUT2D eigenvalue weighted by molar-refractivity contribution is 8.00. The average molecular weight is 1020 g/mol. The minimum Gasteiger partial charge on any atom is -0.310 e. The van der Waals surface area contributed by atoms with Gasteiger partial charge in [-0.1, -0.05) is 146 Å². The molecule has 77 heavy (non-hydrogen) atoms. The Balaban J connectivity index is 0.729. The van der Waals surface area contributed by atoms with E-state index in [9.17, 15) is 0 Å². The van der Waals surface area contributed by atoms with Gasteiger partial charge in [-0.25, -0.2) is 0 Å². The molecule has 0 amide bonds. The van der Waals surface area contributed by atoms with Crippen LogP contribution in [-0.2, 0) is 0 Å². The monoisotopic (exact) mass is 1020 g/mol. The lowest BCUT2D eigenvalue weighted by molar-refractivity contribution is 1.06. The van der Waals surface area contributed by atoms with Gasteiger partial charge in [0.1, 0.15) is 0 Å². The van der Waals surface area contributed by atoms with Crippen LogP contribution in [0.3, 0.4) is 0 Å². The maximum Gasteiger partial charge on any atom is 0.0541 e. The number of thiophene rings is 1. The second-order valence-corrected chi connectivity index (χ2v) is 23.1. The maximum absolute atomic E-state index is 2.50. The minimum absolute atomic E-state index is 0.392. The first kappa shape index (κ1) is 43.1. The smallest absolute Gasteiger partial charge is 0.0541 e. The van der Waals surface area contributed by atoms with E-state index >= 15 is 0 Å². The maximum atomic E-state index is 2.50. The van der Waals surface area contributed by atoms with Crippen molar-refractivity contribution >= 4 is 120 Å². The zero-order valence-corrected chi connectivity index (χ0v) is 43.3. The molecule has 5 heteroatoms. The number of fused-ring (bicyclic) bond motifs is 15. The van der Waals surface area contributed by atoms with Gasteiger partial charge >= 0.3 is 0 Å². The van der Waals surface area contributed by atoms with Crippen LogP contribution in [0.1, 0.15) is 12.0 Å². The Morgan fingerprint density at radius 3 is 1.44 bits per heavy atom. The molecule has 2 aliphatic rings. The first-order chi connectivity index (χ1) is 38.1. The molecule has 0 radical (unpaired) electrons. The summed E-state index contributed by atoms with van der Waals surface area (Å²) in [5.74, 6) is 0. The van der Waals surface area contributed by atoms with Gasteiger partial charge < -0.3 is 13.7 Å². The predicted octanol–water partition coefficient (Wildman–Crippen LogP) is 20.2. The Kier molecular flexibility index (Phi) is 9.35. The van der Waals surface area contributed by atoms with E-state index in [0.717, 1.165) is 12.1 Å². The van der Waals surface area contributed by atoms with Crippen molar-refractivity contribution in [2.45, 2.75) is 16.6 Å². The first-order valence-corrected chi connectivity index (χ1v) is 28.3. The van der Waals surface area contributed by atoms with Gasteiger partial charge in [0.15, 0.2) is 0 Å². The second kappa shape index (κ2) is 16.7. The van der Waals surface area contributed by atoms with Crippen LogP contribution < -0.4 is 0 Å². The van der Waals surface area contributed by atoms with Gasteiger partial charge in [0.25, 0.3) is 0 Å². The number of thioether (sulfide) groups is 1. The number of allylic oxidation sites excluding steroid dienone is 3.